The second kappa shape index (κ2) is 10.1. The molecule has 1 amide bonds. The molecule has 3 N–H and O–H groups in total. The van der Waals surface area contributed by atoms with Crippen LogP contribution in [0, 0.1) is 0 Å². The molecule has 1 aliphatic rings. The minimum absolute atomic E-state index is 0.0449. The summed E-state index contributed by atoms with van der Waals surface area (Å²) in [6.07, 6.45) is 0. The molecule has 0 atom stereocenters. The first-order chi connectivity index (χ1) is 15.2. The monoisotopic (exact) mass is 462 g/mol. The van der Waals surface area contributed by atoms with Gasteiger partial charge >= 0.3 is 0 Å². The Labute approximate surface area is 189 Å². The van der Waals surface area contributed by atoms with Gasteiger partial charge in [0.05, 0.1) is 25.6 Å². The fourth-order valence-corrected chi connectivity index (χ4v) is 4.73. The lowest BCUT2D eigenvalue weighted by molar-refractivity contribution is 0.0943. The maximum atomic E-state index is 13.4. The molecular weight excluding hydrogens is 432 g/mol. The SMILES string of the molecule is COc1ccc(OC)c(S(=O)(=O)Nc2cc(C(=O)NC(C)C)ccc2N2CCNCC2)c1. The van der Waals surface area contributed by atoms with Gasteiger partial charge < -0.3 is 25.0 Å². The number of benzene rings is 2. The molecule has 0 aliphatic carbocycles. The van der Waals surface area contributed by atoms with Crippen LogP contribution in [0.25, 0.3) is 0 Å². The van der Waals surface area contributed by atoms with Crippen molar-refractivity contribution in [1.82, 2.24) is 10.6 Å². The summed E-state index contributed by atoms with van der Waals surface area (Å²) >= 11 is 0. The van der Waals surface area contributed by atoms with E-state index in [-0.39, 0.29) is 22.6 Å². The Kier molecular flexibility index (Phi) is 7.47. The molecular formula is C22H30N4O5S. The number of anilines is 2. The lowest BCUT2D eigenvalue weighted by Gasteiger charge is -2.31. The fourth-order valence-electron chi connectivity index (χ4n) is 3.48. The summed E-state index contributed by atoms with van der Waals surface area (Å²) in [5.41, 5.74) is 1.40. The number of ether oxygens (including phenoxy) is 2. The van der Waals surface area contributed by atoms with Gasteiger partial charge in [-0.2, -0.15) is 0 Å². The van der Waals surface area contributed by atoms with Gasteiger partial charge in [-0.3, -0.25) is 9.52 Å². The molecule has 0 spiro atoms. The van der Waals surface area contributed by atoms with Crippen molar-refractivity contribution in [1.29, 1.82) is 0 Å². The molecule has 2 aromatic carbocycles. The van der Waals surface area contributed by atoms with Gasteiger partial charge in [0.1, 0.15) is 16.4 Å². The number of methoxy groups -OCH3 is 2. The third-order valence-electron chi connectivity index (χ3n) is 5.04. The molecule has 32 heavy (non-hydrogen) atoms. The second-order valence-electron chi connectivity index (χ2n) is 7.72. The number of carbonyl (C=O) groups excluding carboxylic acids is 1. The topological polar surface area (TPSA) is 109 Å². The maximum Gasteiger partial charge on any atom is 0.265 e. The first-order valence-corrected chi connectivity index (χ1v) is 11.9. The molecule has 9 nitrogen and oxygen atoms in total. The predicted molar refractivity (Wildman–Crippen MR) is 124 cm³/mol. The van der Waals surface area contributed by atoms with Crippen molar-refractivity contribution in [3.05, 3.63) is 42.0 Å². The number of carbonyl (C=O) groups is 1. The quantitative estimate of drug-likeness (QED) is 0.551. The summed E-state index contributed by atoms with van der Waals surface area (Å²) in [6, 6.07) is 9.58. The minimum atomic E-state index is -4.04. The maximum absolute atomic E-state index is 13.4. The summed E-state index contributed by atoms with van der Waals surface area (Å²) in [5, 5.41) is 6.12. The Hall–Kier alpha value is -2.98. The molecule has 0 bridgehead atoms. The average Bonchev–Trinajstić information content (AvgIpc) is 2.78. The van der Waals surface area contributed by atoms with Crippen LogP contribution in [0.15, 0.2) is 41.3 Å². The highest BCUT2D eigenvalue weighted by Gasteiger charge is 2.24. The summed E-state index contributed by atoms with van der Waals surface area (Å²) in [6.45, 7) is 6.73. The normalized spacial score (nSPS) is 14.2. The number of amides is 1. The van der Waals surface area contributed by atoms with Gasteiger partial charge in [-0.15, -0.1) is 0 Å². The number of nitrogens with zero attached hydrogens (tertiary/aromatic N) is 1. The minimum Gasteiger partial charge on any atom is -0.497 e. The third-order valence-corrected chi connectivity index (χ3v) is 6.43. The highest BCUT2D eigenvalue weighted by Crippen LogP contribution is 2.33. The molecule has 0 unspecified atom stereocenters. The molecule has 1 aliphatic heterocycles. The Morgan fingerprint density at radius 2 is 1.78 bits per heavy atom. The van der Waals surface area contributed by atoms with E-state index in [9.17, 15) is 13.2 Å². The Bertz CT molecular complexity index is 1070. The van der Waals surface area contributed by atoms with Crippen LogP contribution in [0.5, 0.6) is 11.5 Å². The van der Waals surface area contributed by atoms with Crippen LogP contribution in [0.1, 0.15) is 24.2 Å². The predicted octanol–water partition coefficient (Wildman–Crippen LogP) is 2.05. The molecule has 1 fully saturated rings. The number of piperazine rings is 1. The van der Waals surface area contributed by atoms with Crippen LogP contribution < -0.4 is 29.7 Å². The number of nitrogens with one attached hydrogen (secondary N) is 3. The fraction of sp³-hybridized carbons (Fsp3) is 0.409. The van der Waals surface area contributed by atoms with Crippen molar-refractivity contribution in [2.75, 3.05) is 50.0 Å². The summed E-state index contributed by atoms with van der Waals surface area (Å²) in [4.78, 5) is 14.6. The zero-order chi connectivity index (χ0) is 23.3. The van der Waals surface area contributed by atoms with E-state index in [1.165, 1.54) is 26.4 Å². The summed E-state index contributed by atoms with van der Waals surface area (Å²) in [5.74, 6) is 0.306. The van der Waals surface area contributed by atoms with Crippen molar-refractivity contribution in [2.24, 2.45) is 0 Å². The van der Waals surface area contributed by atoms with Crippen LogP contribution >= 0.6 is 0 Å². The molecule has 0 aromatic heterocycles. The molecule has 2 aromatic rings. The van der Waals surface area contributed by atoms with Crippen molar-refractivity contribution in [3.63, 3.8) is 0 Å². The second-order valence-corrected chi connectivity index (χ2v) is 9.37. The van der Waals surface area contributed by atoms with E-state index in [1.54, 1.807) is 24.3 Å². The van der Waals surface area contributed by atoms with Crippen LogP contribution in [-0.4, -0.2) is 60.8 Å². The highest BCUT2D eigenvalue weighted by atomic mass is 32.2. The van der Waals surface area contributed by atoms with Crippen LogP contribution in [0.4, 0.5) is 11.4 Å². The summed E-state index contributed by atoms with van der Waals surface area (Å²) < 4.78 is 39.9. The van der Waals surface area contributed by atoms with Gasteiger partial charge in [0, 0.05) is 43.9 Å². The molecule has 0 radical (unpaired) electrons. The van der Waals surface area contributed by atoms with Crippen molar-refractivity contribution >= 4 is 27.3 Å². The van der Waals surface area contributed by atoms with Gasteiger partial charge in [0.25, 0.3) is 15.9 Å². The van der Waals surface area contributed by atoms with Gasteiger partial charge in [-0.1, -0.05) is 0 Å². The molecule has 1 saturated heterocycles. The van der Waals surface area contributed by atoms with Gasteiger partial charge in [-0.05, 0) is 44.2 Å². The number of hydrogen-bond donors (Lipinski definition) is 3. The molecule has 174 valence electrons. The highest BCUT2D eigenvalue weighted by molar-refractivity contribution is 7.92. The lowest BCUT2D eigenvalue weighted by atomic mass is 10.1. The van der Waals surface area contributed by atoms with Crippen molar-refractivity contribution in [2.45, 2.75) is 24.8 Å². The van der Waals surface area contributed by atoms with E-state index in [4.69, 9.17) is 9.47 Å². The molecule has 1 heterocycles. The standard InChI is InChI=1S/C22H30N4O5S/c1-15(2)24-22(27)16-5-7-19(26-11-9-23-10-12-26)18(13-16)25-32(28,29)21-14-17(30-3)6-8-20(21)31-4/h5-8,13-15,23,25H,9-12H2,1-4H3,(H,24,27). The van der Waals surface area contributed by atoms with E-state index in [1.807, 2.05) is 13.8 Å². The molecule has 0 saturated carbocycles. The van der Waals surface area contributed by atoms with E-state index in [0.29, 0.717) is 22.7 Å². The van der Waals surface area contributed by atoms with Crippen molar-refractivity contribution in [3.8, 4) is 11.5 Å². The largest absolute Gasteiger partial charge is 0.497 e. The number of sulfonamides is 1. The van der Waals surface area contributed by atoms with Crippen molar-refractivity contribution < 1.29 is 22.7 Å². The Morgan fingerprint density at radius 3 is 2.41 bits per heavy atom. The van der Waals surface area contributed by atoms with Gasteiger partial charge in [-0.25, -0.2) is 8.42 Å². The van der Waals surface area contributed by atoms with Crippen LogP contribution in [0.2, 0.25) is 0 Å². The average molecular weight is 463 g/mol. The van der Waals surface area contributed by atoms with Crippen LogP contribution in [0.3, 0.4) is 0 Å². The smallest absolute Gasteiger partial charge is 0.265 e. The van der Waals surface area contributed by atoms with Crippen LogP contribution in [-0.2, 0) is 10.0 Å². The van der Waals surface area contributed by atoms with Gasteiger partial charge in [0.15, 0.2) is 0 Å². The summed E-state index contributed by atoms with van der Waals surface area (Å²) in [7, 11) is -1.17. The zero-order valence-corrected chi connectivity index (χ0v) is 19.6. The zero-order valence-electron chi connectivity index (χ0n) is 18.8. The number of rotatable bonds is 8. The Morgan fingerprint density at radius 1 is 1.06 bits per heavy atom. The Balaban J connectivity index is 2.04. The van der Waals surface area contributed by atoms with E-state index < -0.39 is 10.0 Å². The first kappa shape index (κ1) is 23.7. The third kappa shape index (κ3) is 5.43. The molecule has 10 heteroatoms. The number of hydrogen-bond acceptors (Lipinski definition) is 7. The lowest BCUT2D eigenvalue weighted by Crippen LogP contribution is -2.43. The first-order valence-electron chi connectivity index (χ1n) is 10.4. The molecule has 3 rings (SSSR count). The van der Waals surface area contributed by atoms with E-state index in [0.717, 1.165) is 26.2 Å². The van der Waals surface area contributed by atoms with E-state index >= 15 is 0 Å². The van der Waals surface area contributed by atoms with Gasteiger partial charge in [0.2, 0.25) is 0 Å². The van der Waals surface area contributed by atoms with E-state index in [2.05, 4.69) is 20.3 Å².